The van der Waals surface area contributed by atoms with E-state index in [0.29, 0.717) is 27.7 Å². The number of nitrogens with zero attached hydrogens (tertiary/aromatic N) is 3. The van der Waals surface area contributed by atoms with E-state index in [0.717, 1.165) is 25.9 Å². The number of pyridine rings is 1. The minimum Gasteiger partial charge on any atom is -0.404 e. The molecule has 0 unspecified atom stereocenters. The summed E-state index contributed by atoms with van der Waals surface area (Å²) >= 11 is 0. The zero-order chi connectivity index (χ0) is 24.2. The summed E-state index contributed by atoms with van der Waals surface area (Å²) < 4.78 is 13.6. The number of fused-ring (bicyclic) bond motifs is 1. The molecule has 1 aromatic heterocycles. The second-order valence-corrected chi connectivity index (χ2v) is 8.73. The molecule has 176 valence electrons. The van der Waals surface area contributed by atoms with E-state index in [1.807, 2.05) is 19.0 Å². The van der Waals surface area contributed by atoms with E-state index in [2.05, 4.69) is 14.9 Å². The maximum absolute atomic E-state index is 13.6. The predicted octanol–water partition coefficient (Wildman–Crippen LogP) is 3.54. The van der Waals surface area contributed by atoms with E-state index in [9.17, 15) is 14.0 Å². The van der Waals surface area contributed by atoms with Gasteiger partial charge in [-0.05, 0) is 75.5 Å². The van der Waals surface area contributed by atoms with Gasteiger partial charge in [-0.1, -0.05) is 0 Å². The van der Waals surface area contributed by atoms with Crippen molar-refractivity contribution in [2.45, 2.75) is 18.9 Å². The summed E-state index contributed by atoms with van der Waals surface area (Å²) in [6.07, 6.45) is 4.80. The van der Waals surface area contributed by atoms with E-state index in [1.165, 1.54) is 30.6 Å². The van der Waals surface area contributed by atoms with Gasteiger partial charge in [0.2, 0.25) is 0 Å². The fourth-order valence-corrected chi connectivity index (χ4v) is 4.31. The Kier molecular flexibility index (Phi) is 6.88. The number of benzene rings is 2. The summed E-state index contributed by atoms with van der Waals surface area (Å²) in [5, 5.41) is 0.555. The molecule has 1 aliphatic heterocycles. The maximum atomic E-state index is 13.6. The van der Waals surface area contributed by atoms with Crippen LogP contribution in [-0.4, -0.2) is 60.1 Å². The molecule has 1 amide bonds. The number of amides is 1. The number of hydrogen-bond donors (Lipinski definition) is 2. The number of nitrogens with one attached hydrogen (secondary N) is 1. The average molecular weight is 462 g/mol. The summed E-state index contributed by atoms with van der Waals surface area (Å²) in [5.74, 6) is -0.369. The van der Waals surface area contributed by atoms with Crippen LogP contribution in [-0.2, 0) is 0 Å². The van der Waals surface area contributed by atoms with Crippen LogP contribution in [0.1, 0.15) is 28.8 Å². The van der Waals surface area contributed by atoms with Crippen LogP contribution in [0.3, 0.4) is 0 Å². The minimum absolute atomic E-state index is 0.0253. The van der Waals surface area contributed by atoms with Crippen LogP contribution in [0, 0.1) is 5.82 Å². The van der Waals surface area contributed by atoms with Gasteiger partial charge in [-0.15, -0.1) is 0 Å². The number of likely N-dealkylation sites (tertiary alicyclic amines) is 1. The molecule has 1 aliphatic rings. The molecule has 3 aromatic rings. The molecule has 0 saturated carbocycles. The van der Waals surface area contributed by atoms with Gasteiger partial charge in [-0.25, -0.2) is 4.39 Å². The van der Waals surface area contributed by atoms with Gasteiger partial charge in [0, 0.05) is 53.6 Å². The molecule has 1 saturated heterocycles. The Morgan fingerprint density at radius 2 is 2.00 bits per heavy atom. The monoisotopic (exact) mass is 461 g/mol. The Labute approximate surface area is 197 Å². The van der Waals surface area contributed by atoms with Gasteiger partial charge in [0.25, 0.3) is 11.5 Å². The number of hydrogen-bond acceptors (Lipinski definition) is 5. The highest BCUT2D eigenvalue weighted by molar-refractivity contribution is 6.11. The molecule has 0 bridgehead atoms. The second kappa shape index (κ2) is 10.0. The van der Waals surface area contributed by atoms with Gasteiger partial charge in [-0.2, -0.15) is 0 Å². The molecule has 1 atom stereocenters. The van der Waals surface area contributed by atoms with Crippen molar-refractivity contribution in [1.29, 1.82) is 0 Å². The molecule has 0 spiro atoms. The van der Waals surface area contributed by atoms with Gasteiger partial charge in [-0.3, -0.25) is 14.6 Å². The van der Waals surface area contributed by atoms with E-state index < -0.39 is 5.82 Å². The van der Waals surface area contributed by atoms with Crippen LogP contribution >= 0.6 is 0 Å². The minimum atomic E-state index is -0.394. The number of halogens is 1. The number of allylic oxidation sites excluding steroid dienone is 1. The van der Waals surface area contributed by atoms with Crippen molar-refractivity contribution in [3.05, 3.63) is 82.0 Å². The Morgan fingerprint density at radius 3 is 2.71 bits per heavy atom. The van der Waals surface area contributed by atoms with Crippen molar-refractivity contribution in [2.75, 3.05) is 27.2 Å². The van der Waals surface area contributed by atoms with Crippen LogP contribution in [0.2, 0.25) is 0 Å². The number of rotatable bonds is 6. The number of nitrogens with two attached hydrogens (primary N) is 1. The van der Waals surface area contributed by atoms with Crippen molar-refractivity contribution in [2.24, 2.45) is 10.7 Å². The lowest BCUT2D eigenvalue weighted by molar-refractivity contribution is 0.0716. The SMILES string of the molecule is CN(C)C[C@H]1CCCN1C(=O)c1ccc(N=CC(=CN)c2cc3cc(F)ccc3[nH]c2=O)cc1. The molecule has 8 heteroatoms. The molecule has 1 fully saturated rings. The van der Waals surface area contributed by atoms with Crippen LogP contribution in [0.4, 0.5) is 10.1 Å². The van der Waals surface area contributed by atoms with Crippen LogP contribution < -0.4 is 11.3 Å². The normalized spacial score (nSPS) is 16.8. The number of aromatic amines is 1. The number of carbonyl (C=O) groups is 1. The summed E-state index contributed by atoms with van der Waals surface area (Å²) in [6.45, 7) is 1.62. The van der Waals surface area contributed by atoms with Crippen molar-refractivity contribution < 1.29 is 9.18 Å². The highest BCUT2D eigenvalue weighted by Crippen LogP contribution is 2.23. The first kappa shape index (κ1) is 23.4. The lowest BCUT2D eigenvalue weighted by atomic mass is 10.1. The molecule has 0 aliphatic carbocycles. The maximum Gasteiger partial charge on any atom is 0.256 e. The number of carbonyl (C=O) groups excluding carboxylic acids is 1. The topological polar surface area (TPSA) is 94.8 Å². The van der Waals surface area contributed by atoms with E-state index in [-0.39, 0.29) is 23.1 Å². The Balaban J connectivity index is 1.51. The first-order chi connectivity index (χ1) is 16.4. The predicted molar refractivity (Wildman–Crippen MR) is 134 cm³/mol. The van der Waals surface area contributed by atoms with E-state index in [1.54, 1.807) is 30.3 Å². The first-order valence-electron chi connectivity index (χ1n) is 11.2. The zero-order valence-electron chi connectivity index (χ0n) is 19.3. The Bertz CT molecular complexity index is 1310. The fourth-order valence-electron chi connectivity index (χ4n) is 4.31. The summed E-state index contributed by atoms with van der Waals surface area (Å²) in [6, 6.07) is 13.0. The van der Waals surface area contributed by atoms with Crippen molar-refractivity contribution >= 4 is 34.3 Å². The third-order valence-electron chi connectivity index (χ3n) is 5.98. The van der Waals surface area contributed by atoms with Crippen LogP contribution in [0.15, 0.2) is 64.5 Å². The average Bonchev–Trinajstić information content (AvgIpc) is 3.27. The first-order valence-corrected chi connectivity index (χ1v) is 11.2. The Morgan fingerprint density at radius 1 is 1.24 bits per heavy atom. The molecular formula is C26H28FN5O2. The van der Waals surface area contributed by atoms with Gasteiger partial charge in [0.1, 0.15) is 5.82 Å². The smallest absolute Gasteiger partial charge is 0.256 e. The van der Waals surface area contributed by atoms with Gasteiger partial charge in [0.15, 0.2) is 0 Å². The molecule has 2 heterocycles. The summed E-state index contributed by atoms with van der Waals surface area (Å²) in [7, 11) is 4.03. The number of aliphatic imine (C=N–C) groups is 1. The summed E-state index contributed by atoms with van der Waals surface area (Å²) in [4.78, 5) is 36.7. The Hall–Kier alpha value is -3.78. The van der Waals surface area contributed by atoms with Gasteiger partial charge < -0.3 is 20.5 Å². The standard InChI is InChI=1S/C26H28FN5O2/c1-31(2)16-22-4-3-11-32(22)26(34)17-5-8-21(9-6-17)29-15-19(14-28)23-13-18-12-20(27)7-10-24(18)30-25(23)33/h5-10,12-15,22H,3-4,11,16,28H2,1-2H3,(H,30,33)/t22-/m1/s1. The highest BCUT2D eigenvalue weighted by atomic mass is 19.1. The van der Waals surface area contributed by atoms with Crippen molar-refractivity contribution in [3.63, 3.8) is 0 Å². The van der Waals surface area contributed by atoms with Crippen molar-refractivity contribution in [3.8, 4) is 0 Å². The third-order valence-corrected chi connectivity index (χ3v) is 5.98. The quantitative estimate of drug-likeness (QED) is 0.549. The van der Waals surface area contributed by atoms with E-state index >= 15 is 0 Å². The van der Waals surface area contributed by atoms with Crippen molar-refractivity contribution in [1.82, 2.24) is 14.8 Å². The van der Waals surface area contributed by atoms with Gasteiger partial charge >= 0.3 is 0 Å². The van der Waals surface area contributed by atoms with Gasteiger partial charge in [0.05, 0.1) is 11.3 Å². The fraction of sp³-hybridized carbons (Fsp3) is 0.269. The summed E-state index contributed by atoms with van der Waals surface area (Å²) in [5.41, 5.74) is 7.87. The number of aromatic nitrogens is 1. The number of likely N-dealkylation sites (N-methyl/N-ethyl adjacent to an activating group) is 1. The number of H-pyrrole nitrogens is 1. The highest BCUT2D eigenvalue weighted by Gasteiger charge is 2.29. The molecule has 34 heavy (non-hydrogen) atoms. The van der Waals surface area contributed by atoms with Crippen LogP contribution in [0.5, 0.6) is 0 Å². The molecule has 3 N–H and O–H groups in total. The third kappa shape index (κ3) is 5.07. The lowest BCUT2D eigenvalue weighted by Gasteiger charge is -2.27. The zero-order valence-corrected chi connectivity index (χ0v) is 19.3. The van der Waals surface area contributed by atoms with E-state index in [4.69, 9.17) is 5.73 Å². The van der Waals surface area contributed by atoms with Crippen LogP contribution in [0.25, 0.3) is 16.5 Å². The molecule has 4 rings (SSSR count). The molecule has 0 radical (unpaired) electrons. The molecule has 7 nitrogen and oxygen atoms in total. The largest absolute Gasteiger partial charge is 0.404 e. The second-order valence-electron chi connectivity index (χ2n) is 8.73. The lowest BCUT2D eigenvalue weighted by Crippen LogP contribution is -2.41. The molecular weight excluding hydrogens is 433 g/mol. The molecule has 2 aromatic carbocycles.